The van der Waals surface area contributed by atoms with Crippen molar-refractivity contribution in [3.8, 4) is 0 Å². The Hall–Kier alpha value is -1.45. The molecule has 0 aliphatic heterocycles. The standard InChI is InChI=1S/C14H20FN3/c1-2-12-13(15)14(18-10-17-12)16-9-8-11-6-4-3-5-7-11/h6,10H,2-5,7-9H2,1H3,(H,16,17,18). The van der Waals surface area contributed by atoms with Crippen molar-refractivity contribution in [2.75, 3.05) is 11.9 Å². The number of rotatable bonds is 5. The number of nitrogens with zero attached hydrogens (tertiary/aromatic N) is 2. The molecule has 0 fully saturated rings. The second-order valence-corrected chi connectivity index (χ2v) is 4.62. The smallest absolute Gasteiger partial charge is 0.186 e. The Kier molecular flexibility index (Phi) is 4.67. The molecule has 4 heteroatoms. The van der Waals surface area contributed by atoms with Crippen LogP contribution in [0.25, 0.3) is 0 Å². The SMILES string of the molecule is CCc1ncnc(NCCC2=CCCCC2)c1F. The molecule has 1 aliphatic rings. The summed E-state index contributed by atoms with van der Waals surface area (Å²) in [6, 6.07) is 0. The van der Waals surface area contributed by atoms with Gasteiger partial charge in [-0.15, -0.1) is 0 Å². The van der Waals surface area contributed by atoms with Gasteiger partial charge in [-0.05, 0) is 38.5 Å². The monoisotopic (exact) mass is 249 g/mol. The molecule has 0 bridgehead atoms. The normalized spacial score (nSPS) is 15.3. The van der Waals surface area contributed by atoms with E-state index in [9.17, 15) is 4.39 Å². The fraction of sp³-hybridized carbons (Fsp3) is 0.571. The van der Waals surface area contributed by atoms with Gasteiger partial charge in [0, 0.05) is 6.54 Å². The van der Waals surface area contributed by atoms with Crippen molar-refractivity contribution in [3.05, 3.63) is 29.5 Å². The lowest BCUT2D eigenvalue weighted by Crippen LogP contribution is -2.09. The molecule has 0 unspecified atom stereocenters. The van der Waals surface area contributed by atoms with E-state index in [0.717, 1.165) is 13.0 Å². The van der Waals surface area contributed by atoms with Crippen molar-refractivity contribution < 1.29 is 4.39 Å². The van der Waals surface area contributed by atoms with Gasteiger partial charge in [-0.2, -0.15) is 0 Å². The van der Waals surface area contributed by atoms with Gasteiger partial charge in [-0.1, -0.05) is 18.6 Å². The first-order valence-corrected chi connectivity index (χ1v) is 6.72. The van der Waals surface area contributed by atoms with Gasteiger partial charge < -0.3 is 5.32 Å². The van der Waals surface area contributed by atoms with Crippen LogP contribution in [0.15, 0.2) is 18.0 Å². The molecule has 0 aromatic carbocycles. The third kappa shape index (κ3) is 3.28. The van der Waals surface area contributed by atoms with Crippen LogP contribution in [-0.2, 0) is 6.42 Å². The molecular weight excluding hydrogens is 229 g/mol. The zero-order chi connectivity index (χ0) is 12.8. The number of aryl methyl sites for hydroxylation is 1. The molecule has 1 aromatic heterocycles. The number of allylic oxidation sites excluding steroid dienone is 1. The minimum atomic E-state index is -0.308. The Morgan fingerprint density at radius 3 is 2.94 bits per heavy atom. The van der Waals surface area contributed by atoms with Gasteiger partial charge in [0.25, 0.3) is 0 Å². The zero-order valence-electron chi connectivity index (χ0n) is 10.9. The summed E-state index contributed by atoms with van der Waals surface area (Å²) in [6.07, 6.45) is 10.3. The molecule has 1 heterocycles. The van der Waals surface area contributed by atoms with Crippen LogP contribution in [0.5, 0.6) is 0 Å². The zero-order valence-corrected chi connectivity index (χ0v) is 10.9. The highest BCUT2D eigenvalue weighted by Crippen LogP contribution is 2.20. The molecule has 1 aliphatic carbocycles. The minimum absolute atomic E-state index is 0.308. The van der Waals surface area contributed by atoms with Crippen LogP contribution in [0.4, 0.5) is 10.2 Å². The van der Waals surface area contributed by atoms with E-state index in [1.165, 1.54) is 37.6 Å². The fourth-order valence-electron chi connectivity index (χ4n) is 2.25. The molecule has 0 amide bonds. The van der Waals surface area contributed by atoms with E-state index >= 15 is 0 Å². The minimum Gasteiger partial charge on any atom is -0.367 e. The van der Waals surface area contributed by atoms with E-state index in [4.69, 9.17) is 0 Å². The summed E-state index contributed by atoms with van der Waals surface area (Å²) in [5, 5.41) is 3.07. The molecule has 0 atom stereocenters. The lowest BCUT2D eigenvalue weighted by atomic mass is 9.97. The van der Waals surface area contributed by atoms with Crippen LogP contribution in [0.3, 0.4) is 0 Å². The van der Waals surface area contributed by atoms with Crippen LogP contribution >= 0.6 is 0 Å². The second kappa shape index (κ2) is 6.47. The Bertz CT molecular complexity index is 429. The molecule has 18 heavy (non-hydrogen) atoms. The highest BCUT2D eigenvalue weighted by molar-refractivity contribution is 5.37. The number of hydrogen-bond acceptors (Lipinski definition) is 3. The average Bonchev–Trinajstić information content (AvgIpc) is 2.42. The Labute approximate surface area is 108 Å². The molecule has 3 nitrogen and oxygen atoms in total. The van der Waals surface area contributed by atoms with Gasteiger partial charge in [-0.25, -0.2) is 14.4 Å². The van der Waals surface area contributed by atoms with Crippen LogP contribution in [0, 0.1) is 5.82 Å². The average molecular weight is 249 g/mol. The Balaban J connectivity index is 1.88. The summed E-state index contributed by atoms with van der Waals surface area (Å²) in [4.78, 5) is 7.87. The van der Waals surface area contributed by atoms with Gasteiger partial charge in [-0.3, -0.25) is 0 Å². The van der Waals surface area contributed by atoms with Gasteiger partial charge >= 0.3 is 0 Å². The van der Waals surface area contributed by atoms with Crippen molar-refractivity contribution in [1.29, 1.82) is 0 Å². The highest BCUT2D eigenvalue weighted by atomic mass is 19.1. The Morgan fingerprint density at radius 1 is 1.33 bits per heavy atom. The maximum atomic E-state index is 13.8. The third-order valence-corrected chi connectivity index (χ3v) is 3.32. The van der Waals surface area contributed by atoms with Crippen LogP contribution in [0.1, 0.15) is 44.7 Å². The largest absolute Gasteiger partial charge is 0.367 e. The second-order valence-electron chi connectivity index (χ2n) is 4.62. The van der Waals surface area contributed by atoms with E-state index in [1.807, 2.05) is 6.92 Å². The summed E-state index contributed by atoms with van der Waals surface area (Å²) in [7, 11) is 0. The van der Waals surface area contributed by atoms with E-state index in [-0.39, 0.29) is 5.82 Å². The van der Waals surface area contributed by atoms with Gasteiger partial charge in [0.1, 0.15) is 6.33 Å². The molecule has 0 radical (unpaired) electrons. The number of aromatic nitrogens is 2. The number of nitrogens with one attached hydrogen (secondary N) is 1. The number of anilines is 1. The number of hydrogen-bond donors (Lipinski definition) is 1. The quantitative estimate of drug-likeness (QED) is 0.812. The van der Waals surface area contributed by atoms with Crippen LogP contribution < -0.4 is 5.32 Å². The highest BCUT2D eigenvalue weighted by Gasteiger charge is 2.09. The van der Waals surface area contributed by atoms with E-state index in [0.29, 0.717) is 17.9 Å². The summed E-state index contributed by atoms with van der Waals surface area (Å²) < 4.78 is 13.8. The van der Waals surface area contributed by atoms with Crippen LogP contribution in [-0.4, -0.2) is 16.5 Å². The first kappa shape index (κ1) is 13.0. The van der Waals surface area contributed by atoms with Crippen LogP contribution in [0.2, 0.25) is 0 Å². The molecule has 1 aromatic rings. The molecule has 0 saturated carbocycles. The maximum absolute atomic E-state index is 13.8. The predicted molar refractivity (Wildman–Crippen MR) is 71.0 cm³/mol. The molecule has 0 saturated heterocycles. The van der Waals surface area contributed by atoms with Crippen molar-refractivity contribution in [1.82, 2.24) is 9.97 Å². The molecule has 2 rings (SSSR count). The predicted octanol–water partition coefficient (Wildman–Crippen LogP) is 3.48. The first-order chi connectivity index (χ1) is 8.81. The van der Waals surface area contributed by atoms with Gasteiger partial charge in [0.05, 0.1) is 5.69 Å². The Morgan fingerprint density at radius 2 is 2.22 bits per heavy atom. The lowest BCUT2D eigenvalue weighted by Gasteiger charge is -2.13. The van der Waals surface area contributed by atoms with Crippen molar-refractivity contribution in [2.45, 2.75) is 45.4 Å². The molecule has 98 valence electrons. The fourth-order valence-corrected chi connectivity index (χ4v) is 2.25. The summed E-state index contributed by atoms with van der Waals surface area (Å²) in [6.45, 7) is 2.63. The summed E-state index contributed by atoms with van der Waals surface area (Å²) >= 11 is 0. The third-order valence-electron chi connectivity index (χ3n) is 3.32. The van der Waals surface area contributed by atoms with Crippen molar-refractivity contribution >= 4 is 5.82 Å². The topological polar surface area (TPSA) is 37.8 Å². The number of halogens is 1. The van der Waals surface area contributed by atoms with Gasteiger partial charge in [0.2, 0.25) is 0 Å². The van der Waals surface area contributed by atoms with E-state index in [1.54, 1.807) is 0 Å². The molecule has 1 N–H and O–H groups in total. The summed E-state index contributed by atoms with van der Waals surface area (Å²) in [5.41, 5.74) is 1.96. The first-order valence-electron chi connectivity index (χ1n) is 6.72. The molecular formula is C14H20FN3. The van der Waals surface area contributed by atoms with E-state index < -0.39 is 0 Å². The molecule has 0 spiro atoms. The van der Waals surface area contributed by atoms with E-state index in [2.05, 4.69) is 21.4 Å². The van der Waals surface area contributed by atoms with Crippen molar-refractivity contribution in [2.24, 2.45) is 0 Å². The van der Waals surface area contributed by atoms with Crippen molar-refractivity contribution in [3.63, 3.8) is 0 Å². The lowest BCUT2D eigenvalue weighted by molar-refractivity contribution is 0.596. The maximum Gasteiger partial charge on any atom is 0.186 e. The van der Waals surface area contributed by atoms with Gasteiger partial charge in [0.15, 0.2) is 11.6 Å². The summed E-state index contributed by atoms with van der Waals surface area (Å²) in [5.74, 6) is 0.0240.